The summed E-state index contributed by atoms with van der Waals surface area (Å²) in [6.45, 7) is 3.54. The molecular weight excluding hydrogens is 327 g/mol. The minimum Gasteiger partial charge on any atom is -0.302 e. The Morgan fingerprint density at radius 1 is 1.21 bits per heavy atom. The van der Waals surface area contributed by atoms with E-state index >= 15 is 0 Å². The maximum absolute atomic E-state index is 13.3. The molecule has 1 aliphatic carbocycles. The lowest BCUT2D eigenvalue weighted by Crippen LogP contribution is -2.48. The van der Waals surface area contributed by atoms with Gasteiger partial charge in [-0.3, -0.25) is 0 Å². The van der Waals surface area contributed by atoms with Crippen molar-refractivity contribution in [1.82, 2.24) is 9.21 Å². The fourth-order valence-corrected chi connectivity index (χ4v) is 6.16. The van der Waals surface area contributed by atoms with Crippen molar-refractivity contribution in [2.24, 2.45) is 0 Å². The number of sulfonamides is 1. The molecule has 2 fully saturated rings. The summed E-state index contributed by atoms with van der Waals surface area (Å²) in [7, 11) is -1.53. The van der Waals surface area contributed by atoms with Crippen molar-refractivity contribution >= 4 is 10.0 Å². The molecular formula is C18H27FN2O2S. The first-order chi connectivity index (χ1) is 11.4. The number of halogens is 1. The minimum atomic E-state index is -3.60. The molecule has 1 spiro atoms. The van der Waals surface area contributed by atoms with E-state index in [4.69, 9.17) is 0 Å². The molecule has 0 amide bonds. The topological polar surface area (TPSA) is 40.6 Å². The van der Waals surface area contributed by atoms with Crippen molar-refractivity contribution in [3.63, 3.8) is 0 Å². The number of hydrogen-bond acceptors (Lipinski definition) is 3. The van der Waals surface area contributed by atoms with E-state index in [2.05, 4.69) is 18.9 Å². The number of nitrogens with zero attached hydrogens (tertiary/aromatic N) is 2. The third kappa shape index (κ3) is 3.11. The van der Waals surface area contributed by atoms with E-state index in [9.17, 15) is 12.8 Å². The van der Waals surface area contributed by atoms with Crippen LogP contribution >= 0.6 is 0 Å². The van der Waals surface area contributed by atoms with Crippen LogP contribution in [0.25, 0.3) is 0 Å². The van der Waals surface area contributed by atoms with Gasteiger partial charge in [0.15, 0.2) is 0 Å². The molecule has 1 aliphatic heterocycles. The van der Waals surface area contributed by atoms with E-state index in [0.717, 1.165) is 38.6 Å². The second-order valence-corrected chi connectivity index (χ2v) is 9.07. The van der Waals surface area contributed by atoms with Crippen LogP contribution in [0, 0.1) is 5.82 Å². The third-order valence-corrected chi connectivity index (χ3v) is 7.81. The number of rotatable bonds is 4. The Kier molecular flexibility index (Phi) is 5.00. The summed E-state index contributed by atoms with van der Waals surface area (Å²) in [5, 5.41) is 0. The molecule has 4 nitrogen and oxygen atoms in total. The van der Waals surface area contributed by atoms with Crippen LogP contribution in [0.2, 0.25) is 0 Å². The Labute approximate surface area is 144 Å². The molecule has 1 saturated heterocycles. The molecule has 1 aromatic carbocycles. The summed E-state index contributed by atoms with van der Waals surface area (Å²) in [4.78, 5) is 2.45. The molecule has 0 unspecified atom stereocenters. The Balaban J connectivity index is 1.97. The largest absolute Gasteiger partial charge is 0.302 e. The molecule has 3 rings (SSSR count). The fourth-order valence-electron chi connectivity index (χ4n) is 4.29. The highest BCUT2D eigenvalue weighted by Crippen LogP contribution is 2.45. The van der Waals surface area contributed by atoms with Crippen molar-refractivity contribution < 1.29 is 12.8 Å². The molecule has 0 N–H and O–H groups in total. The maximum atomic E-state index is 13.3. The lowest BCUT2D eigenvalue weighted by Gasteiger charge is -2.40. The molecule has 134 valence electrons. The molecule has 1 heterocycles. The molecule has 2 aliphatic rings. The minimum absolute atomic E-state index is 0.202. The van der Waals surface area contributed by atoms with Crippen LogP contribution in [0.4, 0.5) is 4.39 Å². The smallest absolute Gasteiger partial charge is 0.243 e. The van der Waals surface area contributed by atoms with E-state index in [1.54, 1.807) is 4.31 Å². The van der Waals surface area contributed by atoms with Gasteiger partial charge in [-0.05, 0) is 57.1 Å². The van der Waals surface area contributed by atoms with Gasteiger partial charge in [0.25, 0.3) is 0 Å². The summed E-state index contributed by atoms with van der Waals surface area (Å²) in [5.74, 6) is -0.411. The molecule has 1 atom stereocenters. The Morgan fingerprint density at radius 2 is 1.83 bits per heavy atom. The highest BCUT2D eigenvalue weighted by atomic mass is 32.2. The van der Waals surface area contributed by atoms with Gasteiger partial charge in [-0.25, -0.2) is 12.8 Å². The van der Waals surface area contributed by atoms with Gasteiger partial charge in [-0.1, -0.05) is 26.2 Å². The van der Waals surface area contributed by atoms with Crippen LogP contribution < -0.4 is 0 Å². The van der Waals surface area contributed by atoms with Gasteiger partial charge in [-0.15, -0.1) is 0 Å². The van der Waals surface area contributed by atoms with Gasteiger partial charge in [0.2, 0.25) is 10.0 Å². The van der Waals surface area contributed by atoms with Crippen molar-refractivity contribution in [2.75, 3.05) is 20.1 Å². The predicted octanol–water partition coefficient (Wildman–Crippen LogP) is 3.24. The molecule has 0 radical (unpaired) electrons. The first kappa shape index (κ1) is 17.8. The second-order valence-electron chi connectivity index (χ2n) is 7.21. The van der Waals surface area contributed by atoms with Crippen molar-refractivity contribution in [2.45, 2.75) is 61.9 Å². The maximum Gasteiger partial charge on any atom is 0.243 e. The average molecular weight is 354 g/mol. The van der Waals surface area contributed by atoms with E-state index in [-0.39, 0.29) is 16.5 Å². The van der Waals surface area contributed by atoms with Crippen molar-refractivity contribution in [3.05, 3.63) is 30.1 Å². The zero-order chi connectivity index (χ0) is 17.4. The Bertz CT molecular complexity index is 669. The van der Waals surface area contributed by atoms with Crippen LogP contribution in [-0.4, -0.2) is 49.3 Å². The molecule has 1 saturated carbocycles. The molecule has 0 bridgehead atoms. The monoisotopic (exact) mass is 354 g/mol. The zero-order valence-corrected chi connectivity index (χ0v) is 15.4. The van der Waals surface area contributed by atoms with Gasteiger partial charge in [-0.2, -0.15) is 4.31 Å². The average Bonchev–Trinajstić information content (AvgIpc) is 2.95. The quantitative estimate of drug-likeness (QED) is 0.833. The van der Waals surface area contributed by atoms with Gasteiger partial charge in [0, 0.05) is 18.1 Å². The fraction of sp³-hybridized carbons (Fsp3) is 0.667. The van der Waals surface area contributed by atoms with E-state index in [0.29, 0.717) is 6.54 Å². The highest BCUT2D eigenvalue weighted by molar-refractivity contribution is 7.89. The summed E-state index contributed by atoms with van der Waals surface area (Å²) in [6, 6.07) is 5.48. The van der Waals surface area contributed by atoms with E-state index < -0.39 is 15.8 Å². The first-order valence-electron chi connectivity index (χ1n) is 8.88. The molecule has 0 aromatic heterocycles. The van der Waals surface area contributed by atoms with Gasteiger partial charge < -0.3 is 4.90 Å². The summed E-state index contributed by atoms with van der Waals surface area (Å²) in [6.07, 6.45) is 6.11. The molecule has 1 aromatic rings. The number of benzene rings is 1. The third-order valence-electron chi connectivity index (χ3n) is 5.83. The van der Waals surface area contributed by atoms with Gasteiger partial charge >= 0.3 is 0 Å². The Hall–Kier alpha value is -0.980. The van der Waals surface area contributed by atoms with Crippen LogP contribution in [-0.2, 0) is 10.0 Å². The highest BCUT2D eigenvalue weighted by Gasteiger charge is 2.52. The number of hydrogen-bond donors (Lipinski definition) is 0. The van der Waals surface area contributed by atoms with Crippen molar-refractivity contribution in [1.29, 1.82) is 0 Å². The first-order valence-corrected chi connectivity index (χ1v) is 10.3. The summed E-state index contributed by atoms with van der Waals surface area (Å²) < 4.78 is 41.5. The Morgan fingerprint density at radius 3 is 2.42 bits per heavy atom. The predicted molar refractivity (Wildman–Crippen MR) is 92.8 cm³/mol. The van der Waals surface area contributed by atoms with Gasteiger partial charge in [0.1, 0.15) is 5.82 Å². The van der Waals surface area contributed by atoms with E-state index in [1.807, 2.05) is 0 Å². The van der Waals surface area contributed by atoms with Crippen molar-refractivity contribution in [3.8, 4) is 0 Å². The standard InChI is InChI=1S/C18H27FN2O2S/c1-3-20(2)16-13-18(11-5-4-6-12-18)21(14-16)24(22,23)17-9-7-15(19)8-10-17/h7-10,16H,3-6,11-14H2,1-2H3/t16-/m0/s1. The second kappa shape index (κ2) is 6.73. The summed E-state index contributed by atoms with van der Waals surface area (Å²) >= 11 is 0. The van der Waals surface area contributed by atoms with Crippen LogP contribution in [0.5, 0.6) is 0 Å². The zero-order valence-electron chi connectivity index (χ0n) is 14.5. The number of likely N-dealkylation sites (N-methyl/N-ethyl adjacent to an activating group) is 1. The normalized spacial score (nSPS) is 24.8. The van der Waals surface area contributed by atoms with Crippen LogP contribution in [0.15, 0.2) is 29.2 Å². The van der Waals surface area contributed by atoms with E-state index in [1.165, 1.54) is 30.7 Å². The lowest BCUT2D eigenvalue weighted by molar-refractivity contribution is 0.168. The molecule has 6 heteroatoms. The molecule has 24 heavy (non-hydrogen) atoms. The van der Waals surface area contributed by atoms with Crippen LogP contribution in [0.3, 0.4) is 0 Å². The summed E-state index contributed by atoms with van der Waals surface area (Å²) in [5.41, 5.74) is -0.264. The SMILES string of the molecule is CCN(C)[C@@H]1CN(S(=O)(=O)c2ccc(F)cc2)C2(CCCCC2)C1. The van der Waals surface area contributed by atoms with Gasteiger partial charge in [0.05, 0.1) is 4.90 Å². The lowest BCUT2D eigenvalue weighted by atomic mass is 9.80. The van der Waals surface area contributed by atoms with Crippen LogP contribution in [0.1, 0.15) is 45.4 Å².